The lowest BCUT2D eigenvalue weighted by Crippen LogP contribution is -2.54. The van der Waals surface area contributed by atoms with Gasteiger partial charge in [0.25, 0.3) is 5.91 Å². The minimum Gasteiger partial charge on any atom is -0.492 e. The van der Waals surface area contributed by atoms with Gasteiger partial charge in [-0.1, -0.05) is 6.07 Å². The van der Waals surface area contributed by atoms with Gasteiger partial charge in [0.05, 0.1) is 42.5 Å². The van der Waals surface area contributed by atoms with Crippen molar-refractivity contribution in [3.63, 3.8) is 0 Å². The zero-order valence-corrected chi connectivity index (χ0v) is 21.1. The van der Waals surface area contributed by atoms with Crippen molar-refractivity contribution >= 4 is 17.3 Å². The van der Waals surface area contributed by atoms with E-state index in [4.69, 9.17) is 9.47 Å². The third kappa shape index (κ3) is 4.66. The van der Waals surface area contributed by atoms with Crippen LogP contribution in [-0.2, 0) is 5.41 Å². The molecule has 0 bridgehead atoms. The van der Waals surface area contributed by atoms with Crippen LogP contribution < -0.4 is 20.1 Å². The number of carbonyl (C=O) groups is 1. The van der Waals surface area contributed by atoms with E-state index in [0.29, 0.717) is 53.5 Å². The molecular formula is C27H27F4N5O3. The van der Waals surface area contributed by atoms with Crippen LogP contribution in [0.1, 0.15) is 35.3 Å². The van der Waals surface area contributed by atoms with E-state index < -0.39 is 18.5 Å². The second-order valence-electron chi connectivity index (χ2n) is 10.2. The highest BCUT2D eigenvalue weighted by molar-refractivity contribution is 6.07. The molecule has 3 aliphatic rings. The molecule has 8 nitrogen and oxygen atoms in total. The number of rotatable bonds is 8. The number of ether oxygens (including phenoxy) is 2. The van der Waals surface area contributed by atoms with Crippen molar-refractivity contribution in [2.24, 2.45) is 0 Å². The number of hydrogen-bond acceptors (Lipinski definition) is 6. The van der Waals surface area contributed by atoms with E-state index in [9.17, 15) is 22.4 Å². The van der Waals surface area contributed by atoms with Crippen LogP contribution in [0.3, 0.4) is 0 Å². The number of likely N-dealkylation sites (tertiary alicyclic amines) is 1. The minimum atomic E-state index is -4.28. The molecule has 0 unspecified atom stereocenters. The van der Waals surface area contributed by atoms with Crippen molar-refractivity contribution in [3.05, 3.63) is 53.7 Å². The molecule has 4 heterocycles. The fourth-order valence-electron chi connectivity index (χ4n) is 5.41. The molecule has 2 aromatic heterocycles. The van der Waals surface area contributed by atoms with Crippen molar-refractivity contribution in [1.29, 1.82) is 0 Å². The summed E-state index contributed by atoms with van der Waals surface area (Å²) in [5, 5.41) is 6.19. The monoisotopic (exact) mass is 545 g/mol. The fourth-order valence-corrected chi connectivity index (χ4v) is 5.41. The summed E-state index contributed by atoms with van der Waals surface area (Å²) in [4.78, 5) is 22.1. The van der Waals surface area contributed by atoms with Crippen molar-refractivity contribution < 1.29 is 31.8 Å². The molecule has 1 saturated heterocycles. The quantitative estimate of drug-likeness (QED) is 0.354. The lowest BCUT2D eigenvalue weighted by atomic mass is 9.93. The van der Waals surface area contributed by atoms with Crippen molar-refractivity contribution in [2.45, 2.75) is 36.9 Å². The second-order valence-corrected chi connectivity index (χ2v) is 10.2. The van der Waals surface area contributed by atoms with Crippen molar-refractivity contribution in [3.8, 4) is 22.8 Å². The maximum absolute atomic E-state index is 14.5. The minimum absolute atomic E-state index is 0.00306. The predicted molar refractivity (Wildman–Crippen MR) is 135 cm³/mol. The Labute approximate surface area is 221 Å². The highest BCUT2D eigenvalue weighted by Crippen LogP contribution is 2.54. The molecule has 2 aliphatic heterocycles. The fraction of sp³-hybridized carbons (Fsp3) is 0.407. The summed E-state index contributed by atoms with van der Waals surface area (Å²) in [6.45, 7) is -0.0550. The maximum atomic E-state index is 14.5. The van der Waals surface area contributed by atoms with Crippen LogP contribution in [0, 0.1) is 5.82 Å². The van der Waals surface area contributed by atoms with Gasteiger partial charge in [0.15, 0.2) is 11.6 Å². The second kappa shape index (κ2) is 9.44. The van der Waals surface area contributed by atoms with Crippen LogP contribution in [0.25, 0.3) is 11.3 Å². The number of benzene rings is 1. The van der Waals surface area contributed by atoms with Crippen molar-refractivity contribution in [2.75, 3.05) is 38.7 Å². The van der Waals surface area contributed by atoms with E-state index in [1.165, 1.54) is 30.3 Å². The van der Waals surface area contributed by atoms with E-state index in [2.05, 4.69) is 20.6 Å². The van der Waals surface area contributed by atoms with Crippen LogP contribution in [0.2, 0.25) is 0 Å². The first kappa shape index (κ1) is 25.5. The molecule has 1 saturated carbocycles. The molecule has 1 spiro atoms. The number of halogens is 4. The highest BCUT2D eigenvalue weighted by Gasteiger charge is 2.52. The molecule has 206 valence electrons. The van der Waals surface area contributed by atoms with Gasteiger partial charge in [-0.2, -0.15) is 13.2 Å². The summed E-state index contributed by atoms with van der Waals surface area (Å²) in [6, 6.07) is 5.81. The molecule has 6 rings (SSSR count). The summed E-state index contributed by atoms with van der Waals surface area (Å²) < 4.78 is 64.5. The molecule has 3 N–H and O–H groups in total. The molecule has 1 atom stereocenters. The van der Waals surface area contributed by atoms with E-state index in [-0.39, 0.29) is 29.7 Å². The van der Waals surface area contributed by atoms with Crippen LogP contribution >= 0.6 is 0 Å². The number of aromatic amines is 1. The molecular weight excluding hydrogens is 518 g/mol. The Morgan fingerprint density at radius 1 is 1.26 bits per heavy atom. The third-order valence-electron chi connectivity index (χ3n) is 7.76. The summed E-state index contributed by atoms with van der Waals surface area (Å²) in [6.07, 6.45) is 1.19. The number of anilines is 2. The Bertz CT molecular complexity index is 1420. The third-order valence-corrected chi connectivity index (χ3v) is 7.76. The number of alkyl halides is 3. The first-order valence-corrected chi connectivity index (χ1v) is 12.7. The van der Waals surface area contributed by atoms with E-state index in [1.54, 1.807) is 18.3 Å². The van der Waals surface area contributed by atoms with Crippen molar-refractivity contribution in [1.82, 2.24) is 20.2 Å². The number of carbonyl (C=O) groups excluding carboxylic acids is 1. The van der Waals surface area contributed by atoms with Crippen LogP contribution in [0.5, 0.6) is 11.5 Å². The molecule has 2 fully saturated rings. The van der Waals surface area contributed by atoms with Crippen LogP contribution in [0.4, 0.5) is 28.9 Å². The maximum Gasteiger partial charge on any atom is 0.401 e. The number of aromatic nitrogens is 2. The van der Waals surface area contributed by atoms with Crippen LogP contribution in [0.15, 0.2) is 36.7 Å². The molecule has 0 radical (unpaired) electrons. The highest BCUT2D eigenvalue weighted by atomic mass is 19.4. The largest absolute Gasteiger partial charge is 0.492 e. The zero-order valence-electron chi connectivity index (χ0n) is 21.1. The number of H-pyrrole nitrogens is 1. The lowest BCUT2D eigenvalue weighted by Gasteiger charge is -2.40. The van der Waals surface area contributed by atoms with Gasteiger partial charge in [0.1, 0.15) is 12.4 Å². The number of nitrogens with zero attached hydrogens (tertiary/aromatic N) is 2. The molecule has 1 amide bonds. The van der Waals surface area contributed by atoms with Gasteiger partial charge in [0, 0.05) is 42.0 Å². The van der Waals surface area contributed by atoms with Gasteiger partial charge < -0.3 is 25.1 Å². The van der Waals surface area contributed by atoms with E-state index in [1.807, 2.05) is 0 Å². The molecule has 1 aliphatic carbocycles. The van der Waals surface area contributed by atoms with E-state index in [0.717, 1.165) is 18.5 Å². The lowest BCUT2D eigenvalue weighted by molar-refractivity contribution is -0.163. The molecule has 1 aromatic carbocycles. The first-order valence-electron chi connectivity index (χ1n) is 12.7. The molecule has 39 heavy (non-hydrogen) atoms. The number of pyridine rings is 1. The first-order chi connectivity index (χ1) is 18.7. The number of hydrogen-bond donors (Lipinski definition) is 3. The number of nitrogens with one attached hydrogen (secondary N) is 3. The van der Waals surface area contributed by atoms with Gasteiger partial charge in [-0.25, -0.2) is 4.39 Å². The summed E-state index contributed by atoms with van der Waals surface area (Å²) in [5.74, 6) is -0.476. The zero-order chi connectivity index (χ0) is 27.4. The number of para-hydroxylation sites is 1. The Kier molecular flexibility index (Phi) is 6.17. The number of amides is 1. The Hall–Kier alpha value is -3.80. The topological polar surface area (TPSA) is 91.5 Å². The Balaban J connectivity index is 1.38. The Morgan fingerprint density at radius 3 is 2.77 bits per heavy atom. The smallest absolute Gasteiger partial charge is 0.401 e. The summed E-state index contributed by atoms with van der Waals surface area (Å²) in [5.41, 5.74) is 2.88. The molecule has 12 heteroatoms. The van der Waals surface area contributed by atoms with Gasteiger partial charge in [-0.3, -0.25) is 14.7 Å². The average Bonchev–Trinajstić information content (AvgIpc) is 3.57. The SMILES string of the molecule is COc1c(F)cccc1Nc1c(-c2ccncc2OC[C@H]2CCN2CC(F)(F)F)[nH]c2c1C(=O)NCC21CC1. The normalized spacial score (nSPS) is 19.7. The number of fused-ring (bicyclic) bond motifs is 2. The van der Waals surface area contributed by atoms with Gasteiger partial charge >= 0.3 is 6.18 Å². The number of methoxy groups -OCH3 is 1. The van der Waals surface area contributed by atoms with Crippen LogP contribution in [-0.4, -0.2) is 66.3 Å². The van der Waals surface area contributed by atoms with Gasteiger partial charge in [0.2, 0.25) is 0 Å². The van der Waals surface area contributed by atoms with E-state index >= 15 is 0 Å². The summed E-state index contributed by atoms with van der Waals surface area (Å²) >= 11 is 0. The molecule has 3 aromatic rings. The summed E-state index contributed by atoms with van der Waals surface area (Å²) in [7, 11) is 1.36. The average molecular weight is 546 g/mol. The standard InChI is InChI=1S/C27H27F4N5O3/c1-38-23-17(28)3-2-4-18(23)34-22-20-24(26(7-8-26)13-33-25(20)37)35-21(22)16-5-9-32-11-19(16)39-12-15-6-10-36(15)14-27(29,30)31/h2-5,9,11,15,34-35H,6-8,10,12-14H2,1H3,(H,33,37)/t15-/m1/s1. The van der Waals surface area contributed by atoms with Gasteiger partial charge in [-0.15, -0.1) is 0 Å². The predicted octanol–water partition coefficient (Wildman–Crippen LogP) is 4.76. The van der Waals surface area contributed by atoms with Gasteiger partial charge in [-0.05, 0) is 37.5 Å². The Morgan fingerprint density at radius 2 is 2.08 bits per heavy atom.